The second kappa shape index (κ2) is 11.3. The van der Waals surface area contributed by atoms with Crippen LogP contribution in [0.5, 0.6) is 0 Å². The molecule has 0 saturated heterocycles. The van der Waals surface area contributed by atoms with Crippen molar-refractivity contribution in [1.29, 1.82) is 5.26 Å². The van der Waals surface area contributed by atoms with Crippen molar-refractivity contribution in [3.8, 4) is 6.07 Å². The van der Waals surface area contributed by atoms with Crippen LogP contribution in [0.25, 0.3) is 0 Å². The molecule has 40 heavy (non-hydrogen) atoms. The first-order chi connectivity index (χ1) is 19.1. The maximum Gasteiger partial charge on any atom is 0.236 e. The topological polar surface area (TPSA) is 151 Å². The number of halogens is 1. The van der Waals surface area contributed by atoms with E-state index in [0.717, 1.165) is 11.4 Å². The number of Topliss-reactive ketones (excluding diaryl/α,β-unsaturated/α-hetero) is 1. The molecule has 3 heterocycles. The third kappa shape index (κ3) is 5.49. The van der Waals surface area contributed by atoms with E-state index < -0.39 is 5.92 Å². The van der Waals surface area contributed by atoms with Gasteiger partial charge in [0.25, 0.3) is 0 Å². The van der Waals surface area contributed by atoms with Crippen molar-refractivity contribution in [1.82, 2.24) is 20.4 Å². The predicted molar refractivity (Wildman–Crippen MR) is 157 cm³/mol. The number of anilines is 2. The molecule has 206 valence electrons. The van der Waals surface area contributed by atoms with E-state index in [1.165, 1.54) is 34.4 Å². The molecule has 0 fully saturated rings. The Morgan fingerprint density at radius 2 is 2.02 bits per heavy atom. The molecular formula is C26H25ClN8O2S3. The van der Waals surface area contributed by atoms with E-state index >= 15 is 0 Å². The first-order valence-corrected chi connectivity index (χ1v) is 15.4. The fourth-order valence-corrected chi connectivity index (χ4v) is 7.45. The molecule has 5 rings (SSSR count). The number of carbonyl (C=O) groups is 2. The smallest absolute Gasteiger partial charge is 0.236 e. The first-order valence-electron chi connectivity index (χ1n) is 12.4. The minimum atomic E-state index is -0.674. The number of hydrogen-bond donors (Lipinski definition) is 2. The molecule has 1 aliphatic carbocycles. The Labute approximate surface area is 248 Å². The summed E-state index contributed by atoms with van der Waals surface area (Å²) in [4.78, 5) is 27.8. The molecule has 1 aromatic carbocycles. The van der Waals surface area contributed by atoms with Crippen LogP contribution in [0.15, 0.2) is 51.3 Å². The van der Waals surface area contributed by atoms with Crippen LogP contribution in [-0.2, 0) is 16.0 Å². The molecule has 1 unspecified atom stereocenters. The average Bonchev–Trinajstić information content (AvgIpc) is 3.56. The van der Waals surface area contributed by atoms with Gasteiger partial charge in [-0.1, -0.05) is 85.0 Å². The van der Waals surface area contributed by atoms with Crippen molar-refractivity contribution >= 4 is 68.0 Å². The van der Waals surface area contributed by atoms with Crippen LogP contribution in [0.3, 0.4) is 0 Å². The predicted octanol–water partition coefficient (Wildman–Crippen LogP) is 5.28. The number of aryl methyl sites for hydroxylation is 1. The number of nitrogens with two attached hydrogens (primary N) is 1. The summed E-state index contributed by atoms with van der Waals surface area (Å²) in [6.45, 7) is 6.02. The van der Waals surface area contributed by atoms with Gasteiger partial charge in [-0.05, 0) is 29.9 Å². The van der Waals surface area contributed by atoms with Gasteiger partial charge >= 0.3 is 0 Å². The van der Waals surface area contributed by atoms with E-state index in [-0.39, 0.29) is 34.3 Å². The lowest BCUT2D eigenvalue weighted by Gasteiger charge is -2.42. The van der Waals surface area contributed by atoms with Gasteiger partial charge in [0.2, 0.25) is 16.2 Å². The van der Waals surface area contributed by atoms with Crippen molar-refractivity contribution in [2.75, 3.05) is 16.0 Å². The zero-order valence-electron chi connectivity index (χ0n) is 21.9. The molecular weight excluding hydrogens is 588 g/mol. The number of thioether (sulfide) groups is 1. The number of ketones is 1. The van der Waals surface area contributed by atoms with Crippen molar-refractivity contribution in [3.63, 3.8) is 0 Å². The molecule has 0 radical (unpaired) electrons. The summed E-state index contributed by atoms with van der Waals surface area (Å²) in [7, 11) is 0. The Kier molecular flexibility index (Phi) is 7.96. The Balaban J connectivity index is 1.46. The maximum atomic E-state index is 13.6. The molecule has 0 bridgehead atoms. The summed E-state index contributed by atoms with van der Waals surface area (Å²) in [5.41, 5.74) is 8.42. The van der Waals surface area contributed by atoms with Gasteiger partial charge in [0.15, 0.2) is 10.1 Å². The van der Waals surface area contributed by atoms with Crippen LogP contribution < -0.4 is 16.0 Å². The van der Waals surface area contributed by atoms with Crippen molar-refractivity contribution < 1.29 is 9.59 Å². The zero-order valence-corrected chi connectivity index (χ0v) is 25.1. The van der Waals surface area contributed by atoms with Crippen molar-refractivity contribution in [3.05, 3.63) is 62.5 Å². The highest BCUT2D eigenvalue weighted by Gasteiger charge is 2.45. The SMILES string of the molecule is CCc1nnc(NC(=O)CSc2nnc(N3C(N)=C(C#N)C(c4ccccc4Cl)C4=C3CC(C)(C)CC4=O)s2)s1. The van der Waals surface area contributed by atoms with Gasteiger partial charge in [-0.25, -0.2) is 0 Å². The number of nitrogens with one attached hydrogen (secondary N) is 1. The van der Waals surface area contributed by atoms with Gasteiger partial charge in [0.05, 0.1) is 23.3 Å². The Bertz CT molecular complexity index is 1600. The lowest BCUT2D eigenvalue weighted by molar-refractivity contribution is -0.118. The molecule has 10 nitrogen and oxygen atoms in total. The molecule has 1 atom stereocenters. The summed E-state index contributed by atoms with van der Waals surface area (Å²) in [6, 6.07) is 9.43. The Morgan fingerprint density at radius 1 is 1.25 bits per heavy atom. The molecule has 2 aromatic heterocycles. The van der Waals surface area contributed by atoms with E-state index in [9.17, 15) is 14.9 Å². The van der Waals surface area contributed by atoms with E-state index in [1.807, 2.05) is 32.9 Å². The summed E-state index contributed by atoms with van der Waals surface area (Å²) < 4.78 is 0.541. The molecule has 3 aromatic rings. The van der Waals surface area contributed by atoms with Gasteiger partial charge < -0.3 is 5.73 Å². The van der Waals surface area contributed by atoms with E-state index in [1.54, 1.807) is 17.0 Å². The van der Waals surface area contributed by atoms with Crippen molar-refractivity contribution in [2.24, 2.45) is 11.1 Å². The average molecular weight is 613 g/mol. The van der Waals surface area contributed by atoms with Crippen LogP contribution in [0.2, 0.25) is 5.02 Å². The van der Waals surface area contributed by atoms with E-state index in [2.05, 4.69) is 31.8 Å². The summed E-state index contributed by atoms with van der Waals surface area (Å²) in [5, 5.41) is 31.7. The molecule has 3 N–H and O–H groups in total. The van der Waals surface area contributed by atoms with E-state index in [4.69, 9.17) is 17.3 Å². The van der Waals surface area contributed by atoms with Gasteiger partial charge in [-0.2, -0.15) is 5.26 Å². The second-order valence-corrected chi connectivity index (χ2v) is 13.7. The number of hydrogen-bond acceptors (Lipinski definition) is 12. The number of amides is 1. The minimum absolute atomic E-state index is 0.0555. The number of benzene rings is 1. The highest BCUT2D eigenvalue weighted by atomic mass is 35.5. The summed E-state index contributed by atoms with van der Waals surface area (Å²) >= 11 is 10.4. The number of allylic oxidation sites excluding steroid dienone is 3. The summed E-state index contributed by atoms with van der Waals surface area (Å²) in [6.07, 6.45) is 1.62. The highest BCUT2D eigenvalue weighted by Crippen LogP contribution is 2.51. The molecule has 1 aliphatic heterocycles. The number of aromatic nitrogens is 4. The van der Waals surface area contributed by atoms with Crippen LogP contribution in [0, 0.1) is 16.7 Å². The lowest BCUT2D eigenvalue weighted by atomic mass is 9.68. The van der Waals surface area contributed by atoms with Gasteiger partial charge in [-0.3, -0.25) is 19.8 Å². The standard InChI is InChI=1S/C26H25ClN8O2S3/c1-4-19-31-32-23(39-19)30-18(37)12-38-25-34-33-24(40-25)35-16-9-26(2,3)10-17(36)21(16)20(14(11-28)22(35)29)13-7-5-6-8-15(13)27/h5-8,20H,4,9-10,12,29H2,1-3H3,(H,30,32,37). The maximum absolute atomic E-state index is 13.6. The number of nitriles is 1. The monoisotopic (exact) mass is 612 g/mol. The van der Waals surface area contributed by atoms with Gasteiger partial charge in [0, 0.05) is 22.7 Å². The quantitative estimate of drug-likeness (QED) is 0.337. The number of carbonyl (C=O) groups excluding carboxylic acids is 2. The second-order valence-electron chi connectivity index (χ2n) is 10.0. The zero-order chi connectivity index (χ0) is 28.6. The molecule has 1 amide bonds. The highest BCUT2D eigenvalue weighted by molar-refractivity contribution is 8.01. The fourth-order valence-electron chi connectivity index (χ4n) is 4.83. The van der Waals surface area contributed by atoms with Crippen LogP contribution >= 0.6 is 46.0 Å². The molecule has 0 spiro atoms. The Hall–Kier alpha value is -3.31. The third-order valence-electron chi connectivity index (χ3n) is 6.53. The van der Waals surface area contributed by atoms with Crippen LogP contribution in [0.1, 0.15) is 50.1 Å². The number of nitrogens with zero attached hydrogens (tertiary/aromatic N) is 6. The van der Waals surface area contributed by atoms with Gasteiger partial charge in [-0.15, -0.1) is 20.4 Å². The Morgan fingerprint density at radius 3 is 2.73 bits per heavy atom. The summed E-state index contributed by atoms with van der Waals surface area (Å²) in [5.74, 6) is -0.687. The minimum Gasteiger partial charge on any atom is -0.384 e. The molecule has 2 aliphatic rings. The van der Waals surface area contributed by atoms with Crippen molar-refractivity contribution in [2.45, 2.75) is 50.3 Å². The lowest BCUT2D eigenvalue weighted by Crippen LogP contribution is -2.42. The van der Waals surface area contributed by atoms with Crippen LogP contribution in [-0.4, -0.2) is 37.8 Å². The molecule has 14 heteroatoms. The van der Waals surface area contributed by atoms with E-state index in [0.29, 0.717) is 49.3 Å². The normalized spacial score (nSPS) is 18.5. The first kappa shape index (κ1) is 28.2. The fraction of sp³-hybridized carbons (Fsp3) is 0.346. The van der Waals surface area contributed by atoms with Crippen LogP contribution in [0.4, 0.5) is 10.3 Å². The molecule has 0 saturated carbocycles. The number of rotatable bonds is 7. The largest absolute Gasteiger partial charge is 0.384 e. The third-order valence-corrected chi connectivity index (χ3v) is 9.90. The van der Waals surface area contributed by atoms with Gasteiger partial charge in [0.1, 0.15) is 10.8 Å².